The maximum absolute atomic E-state index is 12.7. The van der Waals surface area contributed by atoms with E-state index in [1.807, 2.05) is 13.8 Å². The van der Waals surface area contributed by atoms with Crippen LogP contribution in [0.25, 0.3) is 0 Å². The smallest absolute Gasteiger partial charge is 0.335 e. The fourth-order valence-electron chi connectivity index (χ4n) is 15.4. The lowest BCUT2D eigenvalue weighted by molar-refractivity contribution is -0.396. The van der Waals surface area contributed by atoms with Crippen LogP contribution < -0.4 is 0 Å². The molecule has 0 radical (unpaired) electrons. The third-order valence-corrected chi connectivity index (χ3v) is 19.9. The molecule has 0 aromatic carbocycles. The number of aliphatic carboxylic acids is 1. The summed E-state index contributed by atoms with van der Waals surface area (Å²) < 4.78 is 42.2. The highest BCUT2D eigenvalue weighted by Crippen LogP contribution is 2.76. The van der Waals surface area contributed by atoms with Crippen LogP contribution in [0.3, 0.4) is 0 Å². The molecule has 20 nitrogen and oxygen atoms in total. The maximum Gasteiger partial charge on any atom is 0.335 e. The van der Waals surface area contributed by atoms with Crippen molar-refractivity contribution in [1.29, 1.82) is 0 Å². The van der Waals surface area contributed by atoms with E-state index in [4.69, 9.17) is 33.2 Å². The molecule has 8 rings (SSSR count). The van der Waals surface area contributed by atoms with Gasteiger partial charge >= 0.3 is 11.9 Å². The second kappa shape index (κ2) is 19.2. The summed E-state index contributed by atoms with van der Waals surface area (Å²) in [7, 11) is 0. The summed E-state index contributed by atoms with van der Waals surface area (Å²) in [6, 6.07) is 0. The second-order valence-corrected chi connectivity index (χ2v) is 23.8. The molecule has 8 aliphatic rings. The quantitative estimate of drug-likeness (QED) is 0.0582. The molecule has 2 unspecified atom stereocenters. The van der Waals surface area contributed by atoms with Gasteiger partial charge in [0.05, 0.1) is 25.4 Å². The molecule has 0 aromatic heterocycles. The van der Waals surface area contributed by atoms with Crippen LogP contribution in [0.15, 0.2) is 11.6 Å². The van der Waals surface area contributed by atoms with Crippen molar-refractivity contribution >= 4 is 18.2 Å². The monoisotopic (exact) mass is 999 g/mol. The highest BCUT2D eigenvalue weighted by atomic mass is 16.8. The van der Waals surface area contributed by atoms with Crippen LogP contribution in [0, 0.1) is 50.2 Å². The van der Waals surface area contributed by atoms with E-state index in [9.17, 15) is 65.4 Å². The summed E-state index contributed by atoms with van der Waals surface area (Å²) in [5.74, 6) is -1.96. The van der Waals surface area contributed by atoms with Crippen molar-refractivity contribution in [2.75, 3.05) is 13.2 Å². The Balaban J connectivity index is 1.08. The van der Waals surface area contributed by atoms with Crippen molar-refractivity contribution in [1.82, 2.24) is 0 Å². The topological polar surface area (TPSA) is 318 Å². The molecule has 3 saturated heterocycles. The average molecular weight is 999 g/mol. The molecule has 4 saturated carbocycles. The third kappa shape index (κ3) is 8.44. The molecule has 5 aliphatic carbocycles. The Hall–Kier alpha value is -2.25. The molecule has 0 bridgehead atoms. The Morgan fingerprint density at radius 1 is 0.700 bits per heavy atom. The van der Waals surface area contributed by atoms with E-state index in [1.54, 1.807) is 0 Å². The minimum atomic E-state index is -2.10. The molecule has 7 fully saturated rings. The Morgan fingerprint density at radius 3 is 1.96 bits per heavy atom. The van der Waals surface area contributed by atoms with Crippen molar-refractivity contribution in [2.45, 2.75) is 218 Å². The first-order valence-corrected chi connectivity index (χ1v) is 25.2. The number of esters is 1. The maximum atomic E-state index is 12.7. The zero-order valence-electron chi connectivity index (χ0n) is 41.5. The van der Waals surface area contributed by atoms with Gasteiger partial charge in [-0.25, -0.2) is 4.79 Å². The zero-order valence-corrected chi connectivity index (χ0v) is 41.5. The first-order valence-electron chi connectivity index (χ1n) is 25.2. The van der Waals surface area contributed by atoms with Gasteiger partial charge in [0.2, 0.25) is 0 Å². The first kappa shape index (κ1) is 54.0. The molecule has 10 N–H and O–H groups in total. The molecule has 20 heteroatoms. The van der Waals surface area contributed by atoms with Crippen molar-refractivity contribution in [3.8, 4) is 0 Å². The highest BCUT2D eigenvalue weighted by Gasteiger charge is 2.70. The lowest BCUT2D eigenvalue weighted by Crippen LogP contribution is -2.68. The fourth-order valence-corrected chi connectivity index (χ4v) is 15.4. The Bertz CT molecular complexity index is 1990. The van der Waals surface area contributed by atoms with Crippen molar-refractivity contribution in [3.63, 3.8) is 0 Å². The van der Waals surface area contributed by atoms with Crippen molar-refractivity contribution < 1.29 is 98.6 Å². The van der Waals surface area contributed by atoms with E-state index >= 15 is 0 Å². The zero-order chi connectivity index (χ0) is 51.4. The highest BCUT2D eigenvalue weighted by molar-refractivity contribution is 5.73. The van der Waals surface area contributed by atoms with Gasteiger partial charge < -0.3 is 89.0 Å². The van der Waals surface area contributed by atoms with Gasteiger partial charge in [-0.05, 0) is 98.7 Å². The summed E-state index contributed by atoms with van der Waals surface area (Å²) in [4.78, 5) is 37.6. The van der Waals surface area contributed by atoms with Gasteiger partial charge in [-0.15, -0.1) is 0 Å². The largest absolute Gasteiger partial charge is 0.479 e. The summed E-state index contributed by atoms with van der Waals surface area (Å²) >= 11 is 0. The Labute approximate surface area is 408 Å². The number of carbonyl (C=O) groups excluding carboxylic acids is 2. The van der Waals surface area contributed by atoms with Gasteiger partial charge in [0.1, 0.15) is 73.4 Å². The van der Waals surface area contributed by atoms with E-state index in [0.717, 1.165) is 32.0 Å². The minimum absolute atomic E-state index is 0.0189. The third-order valence-electron chi connectivity index (χ3n) is 19.9. The van der Waals surface area contributed by atoms with Crippen LogP contribution in [0.5, 0.6) is 0 Å². The van der Waals surface area contributed by atoms with Gasteiger partial charge in [-0.3, -0.25) is 4.79 Å². The molecule has 26 atom stereocenters. The number of rotatable bonds is 11. The van der Waals surface area contributed by atoms with Crippen LogP contribution in [-0.4, -0.2) is 187 Å². The van der Waals surface area contributed by atoms with Gasteiger partial charge in [-0.1, -0.05) is 53.2 Å². The molecule has 0 aromatic rings. The molecule has 3 heterocycles. The Kier molecular flexibility index (Phi) is 14.8. The van der Waals surface area contributed by atoms with Gasteiger partial charge in [0.15, 0.2) is 25.0 Å². The minimum Gasteiger partial charge on any atom is -0.479 e. The van der Waals surface area contributed by atoms with E-state index in [2.05, 4.69) is 33.8 Å². The van der Waals surface area contributed by atoms with Crippen molar-refractivity contribution in [2.24, 2.45) is 50.2 Å². The predicted molar refractivity (Wildman–Crippen MR) is 240 cm³/mol. The molecule has 0 spiro atoms. The average Bonchev–Trinajstić information content (AvgIpc) is 3.30. The Morgan fingerprint density at radius 2 is 1.34 bits per heavy atom. The summed E-state index contributed by atoms with van der Waals surface area (Å²) in [5.41, 5.74) is -1.49. The SMILES string of the molecule is CC(=O)O[C@@H]1C[C@](C)(C=O)C[C@H]2C3=CCC4[C@@]5(C)CC[C@H](O[C@@H]6O[C@H](C(=O)O)[C@@H](O)[C@H](O)[C@H]6O[C@@H]6O[C@H](CO)[C@H](O)[C@H](O)[C@H]6O[C@@H]6O[C@@H](C)[C@H](O)[C@@H](O)[C@H]6O)[C@@](C)(CO)C5CC[C@@]4(C)[C@]3(C)CC[C@@]12C. The lowest BCUT2D eigenvalue weighted by atomic mass is 9.33. The van der Waals surface area contributed by atoms with Crippen LogP contribution in [0.2, 0.25) is 0 Å². The van der Waals surface area contributed by atoms with Crippen LogP contribution >= 0.6 is 0 Å². The van der Waals surface area contributed by atoms with Crippen LogP contribution in [0.1, 0.15) is 113 Å². The van der Waals surface area contributed by atoms with Crippen LogP contribution in [-0.2, 0) is 47.5 Å². The summed E-state index contributed by atoms with van der Waals surface area (Å²) in [6.45, 7) is 14.8. The van der Waals surface area contributed by atoms with E-state index in [0.29, 0.717) is 32.1 Å². The lowest BCUT2D eigenvalue weighted by Gasteiger charge is -2.72. The standard InChI is InChI=1S/C50H78O20/c1-22-31(55)33(57)37(61)42(64-22)69-39-34(58)32(56)26(19-51)66-43(39)70-40-36(60)35(59)38(41(62)63)68-44(40)67-29-12-13-47(5)27(48(29,6)21-53)11-14-50(8)28(47)10-9-24-25-17-45(3,20-52)18-30(65-23(2)54)46(25,4)15-16-49(24,50)7/h9,20,22,25-40,42-44,51,53,55-61H,10-19,21H2,1-8H3,(H,62,63)/t22-,25-,26+,27?,28?,29-,30+,31-,32-,33+,34-,35-,36-,37+,38-,39+,40+,42-,43-,44+,45+,46+,47-,48-,49+,50+/m0/s1. The van der Waals surface area contributed by atoms with E-state index < -0.39 is 128 Å². The number of ether oxygens (including phenoxy) is 7. The normalized spacial score (nSPS) is 54.6. The molecule has 70 heavy (non-hydrogen) atoms. The predicted octanol–water partition coefficient (Wildman–Crippen LogP) is 0.454. The van der Waals surface area contributed by atoms with E-state index in [1.165, 1.54) is 19.4 Å². The summed E-state index contributed by atoms with van der Waals surface area (Å²) in [6.07, 6.45) is -18.4. The van der Waals surface area contributed by atoms with Gasteiger partial charge in [0.25, 0.3) is 0 Å². The molecular weight excluding hydrogens is 921 g/mol. The molecule has 0 amide bonds. The summed E-state index contributed by atoms with van der Waals surface area (Å²) in [5, 5.41) is 108. The number of fused-ring (bicyclic) bond motifs is 7. The van der Waals surface area contributed by atoms with Crippen LogP contribution in [0.4, 0.5) is 0 Å². The number of allylic oxidation sites excluding steroid dienone is 2. The number of carboxylic acid groups (broad SMARTS) is 1. The molecule has 3 aliphatic heterocycles. The number of aliphatic hydroxyl groups excluding tert-OH is 9. The van der Waals surface area contributed by atoms with Crippen molar-refractivity contribution in [3.05, 3.63) is 11.6 Å². The fraction of sp³-hybridized carbons (Fsp3) is 0.900. The molecular formula is C50H78O20. The number of aldehydes is 1. The van der Waals surface area contributed by atoms with Gasteiger partial charge in [0, 0.05) is 23.2 Å². The number of hydrogen-bond acceptors (Lipinski definition) is 19. The first-order chi connectivity index (χ1) is 32.7. The molecule has 398 valence electrons. The van der Waals surface area contributed by atoms with E-state index in [-0.39, 0.29) is 52.0 Å². The number of hydrogen-bond donors (Lipinski definition) is 10. The number of carboxylic acids is 1. The second-order valence-electron chi connectivity index (χ2n) is 23.8. The number of aliphatic hydroxyl groups is 9. The number of carbonyl (C=O) groups is 3. The van der Waals surface area contributed by atoms with Gasteiger partial charge in [-0.2, -0.15) is 0 Å².